The molecule has 1 aromatic heterocycles. The minimum atomic E-state index is -0.594. The molecule has 0 bridgehead atoms. The standard InChI is InChI=1S/C9H5Cl2NO3/c10-6-7(11)9(14)12(8(6)13)4-5-2-1-3-15-5/h1-3H,4H2. The molecule has 2 amide bonds. The van der Waals surface area contributed by atoms with Crippen molar-refractivity contribution < 1.29 is 14.0 Å². The lowest BCUT2D eigenvalue weighted by Crippen LogP contribution is -2.30. The summed E-state index contributed by atoms with van der Waals surface area (Å²) >= 11 is 11.1. The van der Waals surface area contributed by atoms with Crippen molar-refractivity contribution in [2.24, 2.45) is 0 Å². The van der Waals surface area contributed by atoms with Crippen LogP contribution in [0.5, 0.6) is 0 Å². The summed E-state index contributed by atoms with van der Waals surface area (Å²) in [7, 11) is 0. The van der Waals surface area contributed by atoms with Gasteiger partial charge in [0.1, 0.15) is 15.8 Å². The summed E-state index contributed by atoms with van der Waals surface area (Å²) in [5.41, 5.74) is 0. The predicted molar refractivity (Wildman–Crippen MR) is 53.0 cm³/mol. The van der Waals surface area contributed by atoms with Crippen LogP contribution in [0.3, 0.4) is 0 Å². The second kappa shape index (κ2) is 3.72. The van der Waals surface area contributed by atoms with Gasteiger partial charge in [-0.3, -0.25) is 14.5 Å². The summed E-state index contributed by atoms with van der Waals surface area (Å²) in [6.07, 6.45) is 1.46. The molecular weight excluding hydrogens is 241 g/mol. The van der Waals surface area contributed by atoms with Gasteiger partial charge in [-0.05, 0) is 12.1 Å². The number of nitrogens with zero attached hydrogens (tertiary/aromatic N) is 1. The van der Waals surface area contributed by atoms with Gasteiger partial charge in [0.2, 0.25) is 0 Å². The summed E-state index contributed by atoms with van der Waals surface area (Å²) < 4.78 is 5.01. The Bertz CT molecular complexity index is 426. The normalized spacial score (nSPS) is 16.8. The molecule has 0 radical (unpaired) electrons. The van der Waals surface area contributed by atoms with Gasteiger partial charge in [-0.25, -0.2) is 0 Å². The van der Waals surface area contributed by atoms with E-state index in [1.54, 1.807) is 12.1 Å². The van der Waals surface area contributed by atoms with Gasteiger partial charge in [0, 0.05) is 0 Å². The molecule has 0 spiro atoms. The van der Waals surface area contributed by atoms with Crippen LogP contribution >= 0.6 is 23.2 Å². The van der Waals surface area contributed by atoms with Crippen molar-refractivity contribution in [3.63, 3.8) is 0 Å². The van der Waals surface area contributed by atoms with Crippen LogP contribution in [-0.2, 0) is 16.1 Å². The van der Waals surface area contributed by atoms with Crippen molar-refractivity contribution in [2.75, 3.05) is 0 Å². The smallest absolute Gasteiger partial charge is 0.274 e. The van der Waals surface area contributed by atoms with Crippen LogP contribution < -0.4 is 0 Å². The number of carbonyl (C=O) groups is 2. The Kier molecular flexibility index (Phi) is 2.54. The van der Waals surface area contributed by atoms with E-state index in [9.17, 15) is 9.59 Å². The molecule has 0 saturated carbocycles. The lowest BCUT2D eigenvalue weighted by atomic mass is 10.4. The Balaban J connectivity index is 2.21. The molecule has 1 aromatic rings. The quantitative estimate of drug-likeness (QED) is 0.748. The first-order valence-corrected chi connectivity index (χ1v) is 4.80. The first-order chi connectivity index (χ1) is 7.11. The fourth-order valence-electron chi connectivity index (χ4n) is 1.22. The molecule has 0 unspecified atom stereocenters. The third-order valence-corrected chi connectivity index (χ3v) is 2.75. The molecule has 15 heavy (non-hydrogen) atoms. The Hall–Kier alpha value is -1.26. The van der Waals surface area contributed by atoms with Crippen LogP contribution in [0.4, 0.5) is 0 Å². The minimum Gasteiger partial charge on any atom is -0.467 e. The lowest BCUT2D eigenvalue weighted by Gasteiger charge is -2.11. The minimum absolute atomic E-state index is 0.0388. The second-order valence-electron chi connectivity index (χ2n) is 2.90. The van der Waals surface area contributed by atoms with Crippen molar-refractivity contribution in [3.8, 4) is 0 Å². The Morgan fingerprint density at radius 2 is 1.80 bits per heavy atom. The number of halogens is 2. The molecule has 4 nitrogen and oxygen atoms in total. The molecule has 0 aliphatic carbocycles. The van der Waals surface area contributed by atoms with Gasteiger partial charge in [-0.2, -0.15) is 0 Å². The average molecular weight is 246 g/mol. The number of amides is 2. The van der Waals surface area contributed by atoms with Crippen molar-refractivity contribution in [3.05, 3.63) is 34.2 Å². The maximum Gasteiger partial charge on any atom is 0.274 e. The molecule has 2 heterocycles. The number of imide groups is 1. The van der Waals surface area contributed by atoms with Gasteiger partial charge < -0.3 is 4.42 Å². The molecule has 0 aromatic carbocycles. The maximum atomic E-state index is 11.4. The van der Waals surface area contributed by atoms with E-state index in [0.717, 1.165) is 4.90 Å². The Labute approximate surface area is 95.0 Å². The van der Waals surface area contributed by atoms with Gasteiger partial charge in [0.25, 0.3) is 11.8 Å². The first kappa shape index (κ1) is 10.3. The summed E-state index contributed by atoms with van der Waals surface area (Å²) in [5, 5.41) is -0.485. The van der Waals surface area contributed by atoms with E-state index in [0.29, 0.717) is 5.76 Å². The molecule has 0 fully saturated rings. The SMILES string of the molecule is O=C1C(Cl)=C(Cl)C(=O)N1Cc1ccco1. The summed E-state index contributed by atoms with van der Waals surface area (Å²) in [6, 6.07) is 3.32. The molecule has 1 aliphatic rings. The molecule has 78 valence electrons. The predicted octanol–water partition coefficient (Wildman–Crippen LogP) is 1.84. The zero-order valence-electron chi connectivity index (χ0n) is 7.37. The number of hydrogen-bond acceptors (Lipinski definition) is 3. The van der Waals surface area contributed by atoms with Crippen LogP contribution in [0.1, 0.15) is 5.76 Å². The Morgan fingerprint density at radius 3 is 2.27 bits per heavy atom. The number of hydrogen-bond donors (Lipinski definition) is 0. The largest absolute Gasteiger partial charge is 0.467 e. The second-order valence-corrected chi connectivity index (χ2v) is 3.66. The highest BCUT2D eigenvalue weighted by Crippen LogP contribution is 2.27. The Morgan fingerprint density at radius 1 is 1.20 bits per heavy atom. The van der Waals surface area contributed by atoms with Crippen LogP contribution in [0.25, 0.3) is 0 Å². The van der Waals surface area contributed by atoms with Crippen LogP contribution in [0.15, 0.2) is 32.9 Å². The number of rotatable bonds is 2. The van der Waals surface area contributed by atoms with Gasteiger partial charge in [-0.15, -0.1) is 0 Å². The van der Waals surface area contributed by atoms with E-state index in [-0.39, 0.29) is 16.6 Å². The van der Waals surface area contributed by atoms with E-state index in [4.69, 9.17) is 27.6 Å². The maximum absolute atomic E-state index is 11.4. The molecule has 2 rings (SSSR count). The van der Waals surface area contributed by atoms with E-state index < -0.39 is 11.8 Å². The molecule has 0 atom stereocenters. The third-order valence-electron chi connectivity index (χ3n) is 1.95. The monoisotopic (exact) mass is 245 g/mol. The van der Waals surface area contributed by atoms with Gasteiger partial charge in [0.05, 0.1) is 12.8 Å². The highest BCUT2D eigenvalue weighted by Gasteiger charge is 2.36. The summed E-state index contributed by atoms with van der Waals surface area (Å²) in [4.78, 5) is 23.8. The molecule has 1 aliphatic heterocycles. The topological polar surface area (TPSA) is 50.5 Å². The van der Waals surface area contributed by atoms with Gasteiger partial charge in [0.15, 0.2) is 0 Å². The van der Waals surface area contributed by atoms with E-state index >= 15 is 0 Å². The summed E-state index contributed by atoms with van der Waals surface area (Å²) in [6.45, 7) is 0.0388. The lowest BCUT2D eigenvalue weighted by molar-refractivity contribution is -0.138. The van der Waals surface area contributed by atoms with Crippen LogP contribution in [0.2, 0.25) is 0 Å². The fraction of sp³-hybridized carbons (Fsp3) is 0.111. The third kappa shape index (κ3) is 1.66. The molecule has 0 saturated heterocycles. The first-order valence-electron chi connectivity index (χ1n) is 4.05. The van der Waals surface area contributed by atoms with Crippen molar-refractivity contribution in [1.29, 1.82) is 0 Å². The van der Waals surface area contributed by atoms with Gasteiger partial charge >= 0.3 is 0 Å². The number of furan rings is 1. The molecular formula is C9H5Cl2NO3. The van der Waals surface area contributed by atoms with E-state index in [1.807, 2.05) is 0 Å². The zero-order valence-corrected chi connectivity index (χ0v) is 8.88. The van der Waals surface area contributed by atoms with Crippen LogP contribution in [-0.4, -0.2) is 16.7 Å². The number of carbonyl (C=O) groups excluding carboxylic acids is 2. The average Bonchev–Trinajstić information content (AvgIpc) is 2.79. The fourth-order valence-corrected chi connectivity index (χ4v) is 1.58. The van der Waals surface area contributed by atoms with Crippen molar-refractivity contribution in [2.45, 2.75) is 6.54 Å². The van der Waals surface area contributed by atoms with Crippen molar-refractivity contribution >= 4 is 35.0 Å². The molecule has 6 heteroatoms. The van der Waals surface area contributed by atoms with E-state index in [2.05, 4.69) is 0 Å². The zero-order chi connectivity index (χ0) is 11.0. The van der Waals surface area contributed by atoms with E-state index in [1.165, 1.54) is 6.26 Å². The van der Waals surface area contributed by atoms with Gasteiger partial charge in [-0.1, -0.05) is 23.2 Å². The molecule has 0 N–H and O–H groups in total. The van der Waals surface area contributed by atoms with Crippen molar-refractivity contribution in [1.82, 2.24) is 4.90 Å². The highest BCUT2D eigenvalue weighted by molar-refractivity contribution is 6.58. The van der Waals surface area contributed by atoms with Crippen LogP contribution in [0, 0.1) is 0 Å². The highest BCUT2D eigenvalue weighted by atomic mass is 35.5. The summed E-state index contributed by atoms with van der Waals surface area (Å²) in [5.74, 6) is -0.696.